The van der Waals surface area contributed by atoms with Gasteiger partial charge in [-0.05, 0) is 12.8 Å². The number of epoxide rings is 1. The van der Waals surface area contributed by atoms with Crippen molar-refractivity contribution in [2.24, 2.45) is 0 Å². The van der Waals surface area contributed by atoms with E-state index < -0.39 is 7.82 Å². The summed E-state index contributed by atoms with van der Waals surface area (Å²) in [7, 11) is -4.64. The minimum absolute atomic E-state index is 0.997. The molecule has 0 saturated carbocycles. The molecule has 0 aromatic heterocycles. The highest BCUT2D eigenvalue weighted by molar-refractivity contribution is 7.45. The van der Waals surface area contributed by atoms with Crippen LogP contribution in [0.1, 0.15) is 219 Å². The van der Waals surface area contributed by atoms with Crippen LogP contribution in [-0.4, -0.2) is 41.1 Å². The molecule has 0 aliphatic carbocycles. The fourth-order valence-electron chi connectivity index (χ4n) is 5.61. The molecule has 1 aliphatic heterocycles. The Balaban J connectivity index is 0. The summed E-state index contributed by atoms with van der Waals surface area (Å²) < 4.78 is 19.3. The van der Waals surface area contributed by atoms with Gasteiger partial charge < -0.3 is 24.2 Å². The minimum atomic E-state index is -4.64. The average molecular weight is 665 g/mol. The predicted molar refractivity (Wildman–Crippen MR) is 195 cm³/mol. The zero-order valence-corrected chi connectivity index (χ0v) is 31.4. The third kappa shape index (κ3) is 63.4. The average Bonchev–Trinajstić information content (AvgIpc) is 3.89. The van der Waals surface area contributed by atoms with Gasteiger partial charge in [-0.25, -0.2) is 4.57 Å². The summed E-state index contributed by atoms with van der Waals surface area (Å²) >= 11 is 0. The molecule has 1 fully saturated rings. The summed E-state index contributed by atoms with van der Waals surface area (Å²) in [5.41, 5.74) is 0. The zero-order valence-electron chi connectivity index (χ0n) is 30.5. The molecule has 0 atom stereocenters. The Morgan fingerprint density at radius 3 is 0.711 bits per heavy atom. The van der Waals surface area contributed by atoms with Crippen molar-refractivity contribution in [2.75, 3.05) is 26.4 Å². The molecule has 1 saturated heterocycles. The van der Waals surface area contributed by atoms with E-state index in [1.807, 2.05) is 0 Å². The van der Waals surface area contributed by atoms with Gasteiger partial charge in [-0.2, -0.15) is 0 Å². The van der Waals surface area contributed by atoms with Crippen LogP contribution in [0.5, 0.6) is 0 Å². The van der Waals surface area contributed by atoms with Crippen molar-refractivity contribution in [3.05, 3.63) is 0 Å². The molecule has 1 heterocycles. The van der Waals surface area contributed by atoms with Crippen molar-refractivity contribution in [1.82, 2.24) is 0 Å². The highest BCUT2D eigenvalue weighted by atomic mass is 31.2. The Kier molecular flexibility index (Phi) is 44.1. The normalized spacial score (nSPS) is 12.4. The van der Waals surface area contributed by atoms with Crippen LogP contribution in [0, 0.1) is 0 Å². The van der Waals surface area contributed by atoms with Gasteiger partial charge in [0.1, 0.15) is 0 Å². The molecule has 0 bridgehead atoms. The van der Waals surface area contributed by atoms with Crippen LogP contribution in [-0.2, 0) is 14.0 Å². The first kappa shape index (κ1) is 47.1. The maximum atomic E-state index is 8.88. The molecule has 1 aliphatic rings. The van der Waals surface area contributed by atoms with Crippen LogP contribution in [0.4, 0.5) is 0 Å². The van der Waals surface area contributed by atoms with Crippen molar-refractivity contribution in [1.29, 1.82) is 0 Å². The Bertz CT molecular complexity index is 509. The molecule has 0 aromatic rings. The van der Waals surface area contributed by atoms with Gasteiger partial charge in [0, 0.05) is 13.2 Å². The van der Waals surface area contributed by atoms with E-state index in [0.29, 0.717) is 0 Å². The lowest BCUT2D eigenvalue weighted by molar-refractivity contribution is 0.125. The molecule has 6 nitrogen and oxygen atoms in total. The van der Waals surface area contributed by atoms with Gasteiger partial charge in [0.25, 0.3) is 0 Å². The number of unbranched alkanes of at least 4 members (excludes halogenated alkanes) is 30. The number of rotatable bonds is 34. The number of phosphoric acid groups is 1. The SMILES string of the molecule is C1CO1.CCCCCCCCCCCCCCCCCCOCCCCCCCCCCCCCCCCCC.O=P(O)(O)O. The summed E-state index contributed by atoms with van der Waals surface area (Å²) in [4.78, 5) is 21.6. The van der Waals surface area contributed by atoms with Gasteiger partial charge in [0.2, 0.25) is 0 Å². The first-order valence-electron chi connectivity index (χ1n) is 19.9. The van der Waals surface area contributed by atoms with Gasteiger partial charge >= 0.3 is 7.82 Å². The predicted octanol–water partition coefficient (Wildman–Crippen LogP) is 12.6. The number of hydrogen-bond acceptors (Lipinski definition) is 3. The van der Waals surface area contributed by atoms with Crippen LogP contribution < -0.4 is 0 Å². The Morgan fingerprint density at radius 2 is 0.556 bits per heavy atom. The monoisotopic (exact) mass is 665 g/mol. The van der Waals surface area contributed by atoms with Gasteiger partial charge in [0.15, 0.2) is 0 Å². The number of hydrogen-bond donors (Lipinski definition) is 3. The zero-order chi connectivity index (χ0) is 33.4. The molecule has 3 N–H and O–H groups in total. The molecule has 0 unspecified atom stereocenters. The second-order valence-electron chi connectivity index (χ2n) is 13.3. The first-order valence-corrected chi connectivity index (χ1v) is 21.4. The molecule has 0 aromatic carbocycles. The van der Waals surface area contributed by atoms with Crippen molar-refractivity contribution in [3.8, 4) is 0 Å². The summed E-state index contributed by atoms with van der Waals surface area (Å²) in [5, 5.41) is 0. The van der Waals surface area contributed by atoms with Gasteiger partial charge in [-0.15, -0.1) is 0 Å². The first-order chi connectivity index (χ1) is 21.9. The van der Waals surface area contributed by atoms with E-state index in [2.05, 4.69) is 18.6 Å². The molecule has 45 heavy (non-hydrogen) atoms. The Labute approximate surface area is 281 Å². The van der Waals surface area contributed by atoms with Crippen molar-refractivity contribution in [3.63, 3.8) is 0 Å². The van der Waals surface area contributed by atoms with E-state index in [4.69, 9.17) is 24.0 Å². The van der Waals surface area contributed by atoms with Crippen molar-refractivity contribution >= 4 is 7.82 Å². The maximum absolute atomic E-state index is 8.88. The van der Waals surface area contributed by atoms with E-state index in [9.17, 15) is 0 Å². The summed E-state index contributed by atoms with van der Waals surface area (Å²) in [6.45, 7) is 8.60. The molecule has 274 valence electrons. The van der Waals surface area contributed by atoms with Crippen molar-refractivity contribution < 1.29 is 28.7 Å². The lowest BCUT2D eigenvalue weighted by atomic mass is 10.0. The second-order valence-corrected chi connectivity index (χ2v) is 14.4. The molecule has 1 rings (SSSR count). The van der Waals surface area contributed by atoms with E-state index in [-0.39, 0.29) is 0 Å². The van der Waals surface area contributed by atoms with Crippen LogP contribution in [0.25, 0.3) is 0 Å². The van der Waals surface area contributed by atoms with E-state index in [0.717, 1.165) is 26.4 Å². The molecular weight excluding hydrogens is 583 g/mol. The van der Waals surface area contributed by atoms with E-state index in [1.54, 1.807) is 0 Å². The third-order valence-electron chi connectivity index (χ3n) is 8.49. The minimum Gasteiger partial charge on any atom is -0.381 e. The fraction of sp³-hybridized carbons (Fsp3) is 1.00. The lowest BCUT2D eigenvalue weighted by Crippen LogP contribution is -1.97. The van der Waals surface area contributed by atoms with Gasteiger partial charge in [0.05, 0.1) is 13.2 Å². The highest BCUT2D eigenvalue weighted by Crippen LogP contribution is 2.25. The Morgan fingerprint density at radius 1 is 0.400 bits per heavy atom. The molecular formula is C38H81O6P. The highest BCUT2D eigenvalue weighted by Gasteiger charge is 2.00. The lowest BCUT2D eigenvalue weighted by Gasteiger charge is -2.06. The van der Waals surface area contributed by atoms with Crippen LogP contribution in [0.15, 0.2) is 0 Å². The van der Waals surface area contributed by atoms with Crippen molar-refractivity contribution in [2.45, 2.75) is 219 Å². The summed E-state index contributed by atoms with van der Waals surface area (Å²) in [6, 6.07) is 0. The molecule has 0 radical (unpaired) electrons. The van der Waals surface area contributed by atoms with E-state index >= 15 is 0 Å². The van der Waals surface area contributed by atoms with Gasteiger partial charge in [-0.3, -0.25) is 0 Å². The van der Waals surface area contributed by atoms with E-state index in [1.165, 1.54) is 205 Å². The fourth-order valence-corrected chi connectivity index (χ4v) is 5.61. The smallest absolute Gasteiger partial charge is 0.381 e. The molecule has 7 heteroatoms. The topological polar surface area (TPSA) is 99.5 Å². The maximum Gasteiger partial charge on any atom is 0.466 e. The standard InChI is InChI=1S/C36H74O.C2H4O.H3O4P/c1-3-5-7-9-11-13-15-17-19-21-23-25-27-29-31-33-35-37-36-34-32-30-28-26-24-22-20-18-16-14-12-10-8-6-4-2;1-2-3-1;1-5(2,3)4/h3-36H2,1-2H3;1-2H2;(H3,1,2,3,4). The number of ether oxygens (including phenoxy) is 2. The van der Waals surface area contributed by atoms with Crippen LogP contribution >= 0.6 is 7.82 Å². The second kappa shape index (κ2) is 42.1. The summed E-state index contributed by atoms with van der Waals surface area (Å²) in [6.07, 6.45) is 46.0. The third-order valence-corrected chi connectivity index (χ3v) is 8.49. The van der Waals surface area contributed by atoms with Crippen LogP contribution in [0.2, 0.25) is 0 Å². The Hall–Kier alpha value is 0.0300. The molecule has 0 spiro atoms. The van der Waals surface area contributed by atoms with Crippen LogP contribution in [0.3, 0.4) is 0 Å². The quantitative estimate of drug-likeness (QED) is 0.0360. The van der Waals surface area contributed by atoms with Gasteiger partial charge in [-0.1, -0.05) is 206 Å². The largest absolute Gasteiger partial charge is 0.466 e. The summed E-state index contributed by atoms with van der Waals surface area (Å²) in [5.74, 6) is 0. The molecule has 0 amide bonds.